The Kier molecular flexibility index (Phi) is 6.88. The molecule has 1 fully saturated rings. The van der Waals surface area contributed by atoms with Crippen LogP contribution >= 0.6 is 0 Å². The molecule has 2 aliphatic rings. The number of hydrogen-bond donors (Lipinski definition) is 2. The minimum Gasteiger partial charge on any atom is -0.480 e. The first-order chi connectivity index (χ1) is 16.3. The molecule has 0 spiro atoms. The monoisotopic (exact) mass is 466 g/mol. The summed E-state index contributed by atoms with van der Waals surface area (Å²) >= 11 is 0. The van der Waals surface area contributed by atoms with E-state index in [9.17, 15) is 14.4 Å². The number of nitrogens with one attached hydrogen (secondary N) is 1. The molecule has 180 valence electrons. The molecule has 1 saturated heterocycles. The molecule has 0 bridgehead atoms. The van der Waals surface area contributed by atoms with E-state index in [1.807, 2.05) is 38.1 Å². The number of carbonyl (C=O) groups excluding carboxylic acids is 2. The van der Waals surface area contributed by atoms with Crippen LogP contribution in [0.1, 0.15) is 37.3 Å². The van der Waals surface area contributed by atoms with Crippen LogP contribution in [0, 0.1) is 5.41 Å². The van der Waals surface area contributed by atoms with E-state index >= 15 is 0 Å². The van der Waals surface area contributed by atoms with Crippen molar-refractivity contribution in [2.24, 2.45) is 5.41 Å². The smallest absolute Gasteiger partial charge is 0.407 e. The van der Waals surface area contributed by atoms with Gasteiger partial charge in [-0.2, -0.15) is 0 Å². The summed E-state index contributed by atoms with van der Waals surface area (Å²) in [6, 6.07) is 16.3. The number of fused-ring (bicyclic) bond motifs is 3. The van der Waals surface area contributed by atoms with Crippen LogP contribution in [0.2, 0.25) is 0 Å². The molecule has 1 heterocycles. The molecule has 1 aliphatic heterocycles. The van der Waals surface area contributed by atoms with Crippen LogP contribution in [0.25, 0.3) is 11.1 Å². The van der Waals surface area contributed by atoms with Gasteiger partial charge in [0.25, 0.3) is 0 Å². The molecular weight excluding hydrogens is 436 g/mol. The van der Waals surface area contributed by atoms with Gasteiger partial charge in [0.1, 0.15) is 13.2 Å². The Bertz CT molecular complexity index is 1030. The van der Waals surface area contributed by atoms with E-state index in [0.29, 0.717) is 26.1 Å². The average Bonchev–Trinajstić information content (AvgIpc) is 3.10. The molecule has 2 N–H and O–H groups in total. The first-order valence-electron chi connectivity index (χ1n) is 11.5. The van der Waals surface area contributed by atoms with Crippen molar-refractivity contribution in [3.05, 3.63) is 59.7 Å². The maximum Gasteiger partial charge on any atom is 0.407 e. The Hall–Kier alpha value is -3.39. The van der Waals surface area contributed by atoms with E-state index in [4.69, 9.17) is 14.6 Å². The zero-order valence-corrected chi connectivity index (χ0v) is 19.5. The fourth-order valence-corrected chi connectivity index (χ4v) is 4.56. The second-order valence-electron chi connectivity index (χ2n) is 9.42. The molecule has 1 aliphatic carbocycles. The summed E-state index contributed by atoms with van der Waals surface area (Å²) < 4.78 is 10.7. The van der Waals surface area contributed by atoms with E-state index < -0.39 is 17.5 Å². The van der Waals surface area contributed by atoms with E-state index in [-0.39, 0.29) is 31.1 Å². The lowest BCUT2D eigenvalue weighted by atomic mass is 9.86. The highest BCUT2D eigenvalue weighted by Crippen LogP contribution is 2.44. The summed E-state index contributed by atoms with van der Waals surface area (Å²) in [7, 11) is 0. The third kappa shape index (κ3) is 5.07. The number of benzene rings is 2. The molecule has 0 atom stereocenters. The Morgan fingerprint density at radius 1 is 1.03 bits per heavy atom. The maximum absolute atomic E-state index is 12.7. The van der Waals surface area contributed by atoms with Crippen LogP contribution in [0.5, 0.6) is 0 Å². The normalized spacial score (nSPS) is 15.3. The van der Waals surface area contributed by atoms with E-state index in [2.05, 4.69) is 29.6 Å². The van der Waals surface area contributed by atoms with Crippen LogP contribution in [-0.4, -0.2) is 66.9 Å². The minimum absolute atomic E-state index is 0.00104. The number of ether oxygens (including phenoxy) is 2. The zero-order valence-electron chi connectivity index (χ0n) is 19.5. The van der Waals surface area contributed by atoms with Gasteiger partial charge in [-0.25, -0.2) is 9.59 Å². The summed E-state index contributed by atoms with van der Waals surface area (Å²) in [5.74, 6) is -1.07. The molecule has 0 saturated carbocycles. The molecule has 0 aromatic heterocycles. The minimum atomic E-state index is -1.02. The largest absolute Gasteiger partial charge is 0.480 e. The van der Waals surface area contributed by atoms with Gasteiger partial charge in [0.2, 0.25) is 5.91 Å². The first-order valence-corrected chi connectivity index (χ1v) is 11.5. The predicted octanol–water partition coefficient (Wildman–Crippen LogP) is 3.25. The van der Waals surface area contributed by atoms with Gasteiger partial charge in [-0.3, -0.25) is 4.79 Å². The van der Waals surface area contributed by atoms with Crippen molar-refractivity contribution in [3.8, 4) is 11.1 Å². The van der Waals surface area contributed by atoms with Crippen molar-refractivity contribution in [2.75, 3.05) is 32.8 Å². The summed E-state index contributed by atoms with van der Waals surface area (Å²) in [6.45, 7) is 4.63. The van der Waals surface area contributed by atoms with E-state index in [0.717, 1.165) is 11.1 Å². The molecule has 4 rings (SSSR count). The number of aliphatic carboxylic acids is 1. The number of likely N-dealkylation sites (tertiary alicyclic amines) is 1. The number of rotatable bonds is 9. The Morgan fingerprint density at radius 3 is 2.21 bits per heavy atom. The Morgan fingerprint density at radius 2 is 1.62 bits per heavy atom. The standard InChI is InChI=1S/C26H30N2O6/c1-26(2,24(31)28-13-17(14-28)33-16-23(29)30)11-12-27-25(32)34-15-22-20-9-5-3-7-18(20)19-8-4-6-10-21(19)22/h3-10,17,22H,11-16H2,1-2H3,(H,27,32)(H,29,30). The fourth-order valence-electron chi connectivity index (χ4n) is 4.56. The number of nitrogens with zero attached hydrogens (tertiary/aromatic N) is 1. The topological polar surface area (TPSA) is 105 Å². The molecule has 2 aromatic rings. The zero-order chi connectivity index (χ0) is 24.3. The van der Waals surface area contributed by atoms with Crippen LogP contribution in [0.3, 0.4) is 0 Å². The number of alkyl carbamates (subject to hydrolysis) is 1. The van der Waals surface area contributed by atoms with E-state index in [1.54, 1.807) is 4.90 Å². The van der Waals surface area contributed by atoms with Crippen LogP contribution in [0.15, 0.2) is 48.5 Å². The third-order valence-electron chi connectivity index (χ3n) is 6.52. The lowest BCUT2D eigenvalue weighted by molar-refractivity contribution is -0.159. The van der Waals surface area contributed by atoms with Crippen molar-refractivity contribution in [3.63, 3.8) is 0 Å². The van der Waals surface area contributed by atoms with Gasteiger partial charge < -0.3 is 24.8 Å². The molecule has 0 radical (unpaired) electrons. The van der Waals surface area contributed by atoms with Gasteiger partial charge in [0.05, 0.1) is 6.10 Å². The number of hydrogen-bond acceptors (Lipinski definition) is 5. The number of amides is 2. The van der Waals surface area contributed by atoms with Crippen molar-refractivity contribution in [1.29, 1.82) is 0 Å². The van der Waals surface area contributed by atoms with Crippen LogP contribution < -0.4 is 5.32 Å². The second kappa shape index (κ2) is 9.85. The van der Waals surface area contributed by atoms with Crippen molar-refractivity contribution < 1.29 is 29.0 Å². The van der Waals surface area contributed by atoms with Crippen LogP contribution in [-0.2, 0) is 19.1 Å². The van der Waals surface area contributed by atoms with Gasteiger partial charge >= 0.3 is 12.1 Å². The summed E-state index contributed by atoms with van der Waals surface area (Å²) in [4.78, 5) is 37.3. The van der Waals surface area contributed by atoms with E-state index in [1.165, 1.54) is 11.1 Å². The molecule has 2 aromatic carbocycles. The molecule has 8 heteroatoms. The van der Waals surface area contributed by atoms with Crippen molar-refractivity contribution in [1.82, 2.24) is 10.2 Å². The highest BCUT2D eigenvalue weighted by atomic mass is 16.5. The van der Waals surface area contributed by atoms with Crippen molar-refractivity contribution in [2.45, 2.75) is 32.3 Å². The SMILES string of the molecule is CC(C)(CCNC(=O)OCC1c2ccccc2-c2ccccc21)C(=O)N1CC(OCC(=O)O)C1. The lowest BCUT2D eigenvalue weighted by Crippen LogP contribution is -2.58. The van der Waals surface area contributed by atoms with Gasteiger partial charge in [0, 0.05) is 31.0 Å². The van der Waals surface area contributed by atoms with Crippen LogP contribution in [0.4, 0.5) is 4.79 Å². The summed E-state index contributed by atoms with van der Waals surface area (Å²) in [5.41, 5.74) is 3.99. The molecule has 0 unspecified atom stereocenters. The highest BCUT2D eigenvalue weighted by molar-refractivity contribution is 5.83. The molecule has 2 amide bonds. The molecular formula is C26H30N2O6. The second-order valence-corrected chi connectivity index (χ2v) is 9.42. The van der Waals surface area contributed by atoms with Gasteiger partial charge in [-0.15, -0.1) is 0 Å². The number of carbonyl (C=O) groups is 3. The third-order valence-corrected chi connectivity index (χ3v) is 6.52. The Balaban J connectivity index is 1.22. The Labute approximate surface area is 198 Å². The highest BCUT2D eigenvalue weighted by Gasteiger charge is 2.39. The molecule has 34 heavy (non-hydrogen) atoms. The number of carboxylic acid groups (broad SMARTS) is 1. The van der Waals surface area contributed by atoms with Gasteiger partial charge in [0.15, 0.2) is 0 Å². The maximum atomic E-state index is 12.7. The molecule has 8 nitrogen and oxygen atoms in total. The quantitative estimate of drug-likeness (QED) is 0.588. The van der Waals surface area contributed by atoms with Crippen molar-refractivity contribution >= 4 is 18.0 Å². The van der Waals surface area contributed by atoms with Gasteiger partial charge in [-0.05, 0) is 28.7 Å². The average molecular weight is 467 g/mol. The summed E-state index contributed by atoms with van der Waals surface area (Å²) in [6.07, 6.45) is -0.293. The predicted molar refractivity (Wildman–Crippen MR) is 125 cm³/mol. The first kappa shape index (κ1) is 23.8. The number of carboxylic acids is 1. The van der Waals surface area contributed by atoms with Gasteiger partial charge in [-0.1, -0.05) is 62.4 Å². The fraction of sp³-hybridized carbons (Fsp3) is 0.423. The lowest BCUT2D eigenvalue weighted by Gasteiger charge is -2.42. The summed E-state index contributed by atoms with van der Waals surface area (Å²) in [5, 5.41) is 11.4.